The van der Waals surface area contributed by atoms with E-state index in [9.17, 15) is 4.79 Å². The third kappa shape index (κ3) is 5.00. The topological polar surface area (TPSA) is 64.3 Å². The fourth-order valence-electron chi connectivity index (χ4n) is 1.17. The van der Waals surface area contributed by atoms with Crippen LogP contribution in [0.1, 0.15) is 18.6 Å². The highest BCUT2D eigenvalue weighted by Crippen LogP contribution is 2.15. The smallest absolute Gasteiger partial charge is 0.407 e. The van der Waals surface area contributed by atoms with Crippen LogP contribution in [0.5, 0.6) is 0 Å². The van der Waals surface area contributed by atoms with E-state index in [2.05, 4.69) is 5.32 Å². The SMILES string of the molecule is CC(OC(=O)NCCN)c1ccccc1.Cl. The van der Waals surface area contributed by atoms with Crippen molar-refractivity contribution in [2.24, 2.45) is 5.73 Å². The average molecular weight is 245 g/mol. The van der Waals surface area contributed by atoms with Crippen LogP contribution in [0.25, 0.3) is 0 Å². The first-order valence-electron chi connectivity index (χ1n) is 4.93. The number of carbonyl (C=O) groups excluding carboxylic acids is 1. The van der Waals surface area contributed by atoms with E-state index in [4.69, 9.17) is 10.5 Å². The van der Waals surface area contributed by atoms with Crippen LogP contribution in [0.4, 0.5) is 4.79 Å². The molecule has 1 aromatic rings. The van der Waals surface area contributed by atoms with Crippen LogP contribution < -0.4 is 11.1 Å². The summed E-state index contributed by atoms with van der Waals surface area (Å²) in [5.41, 5.74) is 6.22. The maximum atomic E-state index is 11.2. The van der Waals surface area contributed by atoms with Gasteiger partial charge in [0.15, 0.2) is 0 Å². The lowest BCUT2D eigenvalue weighted by Crippen LogP contribution is -2.30. The molecule has 0 saturated carbocycles. The number of nitrogens with one attached hydrogen (secondary N) is 1. The van der Waals surface area contributed by atoms with E-state index in [1.165, 1.54) is 0 Å². The molecule has 3 N–H and O–H groups in total. The molecule has 0 spiro atoms. The van der Waals surface area contributed by atoms with Gasteiger partial charge in [0.1, 0.15) is 6.10 Å². The van der Waals surface area contributed by atoms with Gasteiger partial charge in [-0.3, -0.25) is 0 Å². The van der Waals surface area contributed by atoms with E-state index in [0.717, 1.165) is 5.56 Å². The van der Waals surface area contributed by atoms with Crippen molar-refractivity contribution in [3.8, 4) is 0 Å². The molecule has 0 aliphatic rings. The van der Waals surface area contributed by atoms with Gasteiger partial charge in [-0.25, -0.2) is 4.79 Å². The Morgan fingerprint density at radius 1 is 1.44 bits per heavy atom. The summed E-state index contributed by atoms with van der Waals surface area (Å²) in [4.78, 5) is 11.2. The first kappa shape index (κ1) is 14.7. The molecule has 0 bridgehead atoms. The van der Waals surface area contributed by atoms with Crippen molar-refractivity contribution >= 4 is 18.5 Å². The number of hydrogen-bond donors (Lipinski definition) is 2. The minimum atomic E-state index is -0.434. The monoisotopic (exact) mass is 244 g/mol. The minimum Gasteiger partial charge on any atom is -0.442 e. The first-order valence-corrected chi connectivity index (χ1v) is 4.93. The lowest BCUT2D eigenvalue weighted by molar-refractivity contribution is 0.107. The molecule has 0 aliphatic carbocycles. The second kappa shape index (κ2) is 7.96. The predicted octanol–water partition coefficient (Wildman–Crippen LogP) is 1.85. The van der Waals surface area contributed by atoms with Gasteiger partial charge in [0.2, 0.25) is 0 Å². The number of benzene rings is 1. The van der Waals surface area contributed by atoms with Crippen LogP contribution in [0, 0.1) is 0 Å². The number of hydrogen-bond acceptors (Lipinski definition) is 3. The number of ether oxygens (including phenoxy) is 1. The Morgan fingerprint density at radius 2 is 2.06 bits per heavy atom. The van der Waals surface area contributed by atoms with E-state index in [0.29, 0.717) is 13.1 Å². The molecule has 1 atom stereocenters. The summed E-state index contributed by atoms with van der Waals surface area (Å²) in [6.45, 7) is 2.67. The van der Waals surface area contributed by atoms with Gasteiger partial charge < -0.3 is 15.8 Å². The second-order valence-electron chi connectivity index (χ2n) is 3.17. The molecule has 0 saturated heterocycles. The molecule has 0 radical (unpaired) electrons. The first-order chi connectivity index (χ1) is 7.24. The minimum absolute atomic E-state index is 0. The molecule has 0 heterocycles. The normalized spacial score (nSPS) is 11.1. The van der Waals surface area contributed by atoms with Gasteiger partial charge in [0.25, 0.3) is 0 Å². The van der Waals surface area contributed by atoms with Crippen LogP contribution in [0.15, 0.2) is 30.3 Å². The molecule has 1 rings (SSSR count). The number of alkyl carbamates (subject to hydrolysis) is 1. The Bertz CT molecular complexity index is 306. The Balaban J connectivity index is 0.00000225. The van der Waals surface area contributed by atoms with Crippen molar-refractivity contribution in [1.29, 1.82) is 0 Å². The van der Waals surface area contributed by atoms with Gasteiger partial charge in [-0.2, -0.15) is 0 Å². The van der Waals surface area contributed by atoms with Crippen LogP contribution in [0.2, 0.25) is 0 Å². The molecule has 1 aromatic carbocycles. The van der Waals surface area contributed by atoms with E-state index in [1.807, 2.05) is 37.3 Å². The molecule has 0 aromatic heterocycles. The highest BCUT2D eigenvalue weighted by atomic mass is 35.5. The highest BCUT2D eigenvalue weighted by molar-refractivity contribution is 5.85. The Hall–Kier alpha value is -1.26. The molecule has 16 heavy (non-hydrogen) atoms. The molecular formula is C11H17ClN2O2. The number of carbonyl (C=O) groups is 1. The fourth-order valence-corrected chi connectivity index (χ4v) is 1.17. The third-order valence-corrected chi connectivity index (χ3v) is 1.97. The fraction of sp³-hybridized carbons (Fsp3) is 0.364. The number of amides is 1. The Kier molecular flexibility index (Phi) is 7.33. The van der Waals surface area contributed by atoms with Gasteiger partial charge in [0, 0.05) is 13.1 Å². The van der Waals surface area contributed by atoms with Crippen LogP contribution in [-0.4, -0.2) is 19.2 Å². The molecule has 4 nitrogen and oxygen atoms in total. The summed E-state index contributed by atoms with van der Waals surface area (Å²) in [5.74, 6) is 0. The molecular weight excluding hydrogens is 228 g/mol. The molecule has 0 fully saturated rings. The van der Waals surface area contributed by atoms with Crippen molar-refractivity contribution in [3.63, 3.8) is 0 Å². The quantitative estimate of drug-likeness (QED) is 0.850. The van der Waals surface area contributed by atoms with Gasteiger partial charge in [-0.15, -0.1) is 12.4 Å². The van der Waals surface area contributed by atoms with Gasteiger partial charge in [-0.05, 0) is 12.5 Å². The lowest BCUT2D eigenvalue weighted by atomic mass is 10.1. The van der Waals surface area contributed by atoms with Gasteiger partial charge >= 0.3 is 6.09 Å². The Morgan fingerprint density at radius 3 is 2.62 bits per heavy atom. The summed E-state index contributed by atoms with van der Waals surface area (Å²) in [6.07, 6.45) is -0.680. The van der Waals surface area contributed by atoms with E-state index >= 15 is 0 Å². The number of rotatable bonds is 4. The zero-order chi connectivity index (χ0) is 11.1. The van der Waals surface area contributed by atoms with Crippen LogP contribution in [0.3, 0.4) is 0 Å². The summed E-state index contributed by atoms with van der Waals surface area (Å²) < 4.78 is 5.13. The molecule has 5 heteroatoms. The second-order valence-corrected chi connectivity index (χ2v) is 3.17. The van der Waals surface area contributed by atoms with Crippen molar-refractivity contribution in [2.45, 2.75) is 13.0 Å². The molecule has 0 aliphatic heterocycles. The van der Waals surface area contributed by atoms with Crippen molar-refractivity contribution in [3.05, 3.63) is 35.9 Å². The summed E-state index contributed by atoms with van der Waals surface area (Å²) in [5, 5.41) is 2.55. The summed E-state index contributed by atoms with van der Waals surface area (Å²) in [7, 11) is 0. The zero-order valence-electron chi connectivity index (χ0n) is 9.18. The van der Waals surface area contributed by atoms with Gasteiger partial charge in [-0.1, -0.05) is 30.3 Å². The summed E-state index contributed by atoms with van der Waals surface area (Å²) in [6, 6.07) is 9.58. The molecule has 90 valence electrons. The van der Waals surface area contributed by atoms with E-state index in [-0.39, 0.29) is 18.5 Å². The number of halogens is 1. The van der Waals surface area contributed by atoms with Crippen molar-refractivity contribution in [2.75, 3.05) is 13.1 Å². The van der Waals surface area contributed by atoms with Crippen molar-refractivity contribution in [1.82, 2.24) is 5.32 Å². The Labute approximate surface area is 102 Å². The van der Waals surface area contributed by atoms with E-state index in [1.54, 1.807) is 0 Å². The lowest BCUT2D eigenvalue weighted by Gasteiger charge is -2.13. The molecule has 1 amide bonds. The molecule has 1 unspecified atom stereocenters. The predicted molar refractivity (Wildman–Crippen MR) is 65.6 cm³/mol. The van der Waals surface area contributed by atoms with E-state index < -0.39 is 6.09 Å². The summed E-state index contributed by atoms with van der Waals surface area (Å²) >= 11 is 0. The van der Waals surface area contributed by atoms with Crippen LogP contribution >= 0.6 is 12.4 Å². The largest absolute Gasteiger partial charge is 0.442 e. The average Bonchev–Trinajstić information content (AvgIpc) is 2.27. The van der Waals surface area contributed by atoms with Crippen molar-refractivity contribution < 1.29 is 9.53 Å². The maximum absolute atomic E-state index is 11.2. The third-order valence-electron chi connectivity index (χ3n) is 1.97. The van der Waals surface area contributed by atoms with Gasteiger partial charge in [0.05, 0.1) is 0 Å². The van der Waals surface area contributed by atoms with Crippen LogP contribution in [-0.2, 0) is 4.74 Å². The number of nitrogens with two attached hydrogens (primary N) is 1. The standard InChI is InChI=1S/C11H16N2O2.ClH/c1-9(10-5-3-2-4-6-10)15-11(14)13-8-7-12;/h2-6,9H,7-8,12H2,1H3,(H,13,14);1H. The zero-order valence-corrected chi connectivity index (χ0v) is 10.00. The highest BCUT2D eigenvalue weighted by Gasteiger charge is 2.09. The maximum Gasteiger partial charge on any atom is 0.407 e.